The van der Waals surface area contributed by atoms with Crippen LogP contribution in [0.4, 0.5) is 5.69 Å². The van der Waals surface area contributed by atoms with Crippen LogP contribution in [0.1, 0.15) is 18.4 Å². The number of aryl methyl sites for hydroxylation is 1. The lowest BCUT2D eigenvalue weighted by molar-refractivity contribution is 0.196. The lowest BCUT2D eigenvalue weighted by Gasteiger charge is -2.18. The molecule has 0 atom stereocenters. The van der Waals surface area contributed by atoms with Gasteiger partial charge in [0, 0.05) is 32.5 Å². The Bertz CT molecular complexity index is 529. The van der Waals surface area contributed by atoms with Crippen LogP contribution in [-0.2, 0) is 21.2 Å². The first-order valence-corrected chi connectivity index (χ1v) is 7.97. The van der Waals surface area contributed by atoms with Crippen molar-refractivity contribution in [1.82, 2.24) is 4.72 Å². The van der Waals surface area contributed by atoms with Crippen LogP contribution in [0.2, 0.25) is 0 Å². The lowest BCUT2D eigenvalue weighted by Crippen LogP contribution is -2.26. The second-order valence-corrected chi connectivity index (χ2v) is 6.36. The van der Waals surface area contributed by atoms with Crippen LogP contribution < -0.4 is 10.0 Å². The van der Waals surface area contributed by atoms with Gasteiger partial charge in [-0.25, -0.2) is 13.1 Å². The molecule has 1 heterocycles. The summed E-state index contributed by atoms with van der Waals surface area (Å²) < 4.78 is 31.7. The van der Waals surface area contributed by atoms with E-state index in [4.69, 9.17) is 4.74 Å². The Hall–Kier alpha value is -1.11. The molecule has 1 aromatic carbocycles. The number of hydrogen-bond acceptors (Lipinski definition) is 4. The Morgan fingerprint density at radius 1 is 1.42 bits per heavy atom. The predicted molar refractivity (Wildman–Crippen MR) is 74.9 cm³/mol. The van der Waals surface area contributed by atoms with Crippen molar-refractivity contribution in [2.75, 3.05) is 32.1 Å². The van der Waals surface area contributed by atoms with Crippen molar-refractivity contribution in [1.29, 1.82) is 0 Å². The molecule has 0 spiro atoms. The van der Waals surface area contributed by atoms with Gasteiger partial charge >= 0.3 is 0 Å². The standard InChI is InChI=1S/C13H20N2O3S/c1-18-9-3-8-15-19(16,17)12-6-5-11-4-2-7-14-13(11)10-12/h5-6,10,14-15H,2-4,7-9H2,1H3. The maximum atomic E-state index is 12.1. The number of benzene rings is 1. The molecule has 0 fully saturated rings. The van der Waals surface area contributed by atoms with Crippen LogP contribution in [0, 0.1) is 0 Å². The minimum Gasteiger partial charge on any atom is -0.385 e. The largest absolute Gasteiger partial charge is 0.385 e. The van der Waals surface area contributed by atoms with Crippen molar-refractivity contribution in [2.24, 2.45) is 0 Å². The van der Waals surface area contributed by atoms with Gasteiger partial charge in [-0.1, -0.05) is 6.07 Å². The molecule has 6 heteroatoms. The first-order valence-electron chi connectivity index (χ1n) is 6.49. The quantitative estimate of drug-likeness (QED) is 0.774. The number of methoxy groups -OCH3 is 1. The van der Waals surface area contributed by atoms with E-state index in [-0.39, 0.29) is 0 Å². The van der Waals surface area contributed by atoms with Crippen molar-refractivity contribution >= 4 is 15.7 Å². The van der Waals surface area contributed by atoms with Crippen molar-refractivity contribution in [3.8, 4) is 0 Å². The number of fused-ring (bicyclic) bond motifs is 1. The Kier molecular flexibility index (Phi) is 4.79. The summed E-state index contributed by atoms with van der Waals surface area (Å²) in [7, 11) is -1.82. The van der Waals surface area contributed by atoms with E-state index in [9.17, 15) is 8.42 Å². The first kappa shape index (κ1) is 14.3. The smallest absolute Gasteiger partial charge is 0.240 e. The zero-order valence-electron chi connectivity index (χ0n) is 11.1. The summed E-state index contributed by atoms with van der Waals surface area (Å²) in [5.41, 5.74) is 2.12. The molecule has 0 amide bonds. The van der Waals surface area contributed by atoms with Crippen LogP contribution >= 0.6 is 0 Å². The number of rotatable bonds is 6. The Morgan fingerprint density at radius 3 is 3.05 bits per heavy atom. The van der Waals surface area contributed by atoms with Crippen LogP contribution in [0.5, 0.6) is 0 Å². The summed E-state index contributed by atoms with van der Waals surface area (Å²) in [6.07, 6.45) is 2.76. The summed E-state index contributed by atoms with van der Waals surface area (Å²) in [5, 5.41) is 3.24. The average molecular weight is 284 g/mol. The number of ether oxygens (including phenoxy) is 1. The summed E-state index contributed by atoms with van der Waals surface area (Å²) in [6.45, 7) is 1.84. The fourth-order valence-electron chi connectivity index (χ4n) is 2.11. The molecule has 19 heavy (non-hydrogen) atoms. The molecule has 2 rings (SSSR count). The topological polar surface area (TPSA) is 67.4 Å². The zero-order chi connectivity index (χ0) is 13.7. The molecule has 0 bridgehead atoms. The molecule has 106 valence electrons. The predicted octanol–water partition coefficient (Wildman–Crippen LogP) is 1.36. The molecule has 0 saturated heterocycles. The van der Waals surface area contributed by atoms with Gasteiger partial charge in [0.15, 0.2) is 0 Å². The highest BCUT2D eigenvalue weighted by Crippen LogP contribution is 2.24. The Morgan fingerprint density at radius 2 is 2.26 bits per heavy atom. The summed E-state index contributed by atoms with van der Waals surface area (Å²) >= 11 is 0. The van der Waals surface area contributed by atoms with E-state index in [2.05, 4.69) is 10.0 Å². The van der Waals surface area contributed by atoms with Gasteiger partial charge in [-0.3, -0.25) is 0 Å². The van der Waals surface area contributed by atoms with E-state index in [0.717, 1.165) is 25.1 Å². The van der Waals surface area contributed by atoms with Gasteiger partial charge in [-0.05, 0) is 37.0 Å². The van der Waals surface area contributed by atoms with Crippen molar-refractivity contribution in [3.63, 3.8) is 0 Å². The van der Waals surface area contributed by atoms with Crippen LogP contribution in [0.15, 0.2) is 23.1 Å². The highest BCUT2D eigenvalue weighted by Gasteiger charge is 2.16. The second kappa shape index (κ2) is 6.36. The van der Waals surface area contributed by atoms with Gasteiger partial charge in [0.1, 0.15) is 0 Å². The molecule has 1 aliphatic rings. The normalized spacial score (nSPS) is 14.8. The minimum absolute atomic E-state index is 0.318. The van der Waals surface area contributed by atoms with Gasteiger partial charge in [-0.2, -0.15) is 0 Å². The number of nitrogens with one attached hydrogen (secondary N) is 2. The summed E-state index contributed by atoms with van der Waals surface area (Å²) in [4.78, 5) is 0.318. The van der Waals surface area contributed by atoms with E-state index < -0.39 is 10.0 Å². The van der Waals surface area contributed by atoms with E-state index >= 15 is 0 Å². The third-order valence-electron chi connectivity index (χ3n) is 3.15. The molecule has 1 aliphatic heterocycles. The SMILES string of the molecule is COCCCNS(=O)(=O)c1ccc2c(c1)NCCC2. The van der Waals surface area contributed by atoms with Gasteiger partial charge in [0.2, 0.25) is 10.0 Å². The first-order chi connectivity index (χ1) is 9.13. The number of anilines is 1. The summed E-state index contributed by atoms with van der Waals surface area (Å²) in [5.74, 6) is 0. The molecule has 0 aromatic heterocycles. The average Bonchev–Trinajstić information content (AvgIpc) is 2.43. The van der Waals surface area contributed by atoms with Crippen molar-refractivity contribution < 1.29 is 13.2 Å². The number of hydrogen-bond donors (Lipinski definition) is 2. The van der Waals surface area contributed by atoms with Crippen molar-refractivity contribution in [2.45, 2.75) is 24.2 Å². The minimum atomic E-state index is -3.42. The van der Waals surface area contributed by atoms with Gasteiger partial charge < -0.3 is 10.1 Å². The van der Waals surface area contributed by atoms with Crippen LogP contribution in [0.25, 0.3) is 0 Å². The zero-order valence-corrected chi connectivity index (χ0v) is 11.9. The van der Waals surface area contributed by atoms with E-state index in [1.54, 1.807) is 19.2 Å². The highest BCUT2D eigenvalue weighted by molar-refractivity contribution is 7.89. The number of sulfonamides is 1. The van der Waals surface area contributed by atoms with Crippen LogP contribution in [-0.4, -0.2) is 35.2 Å². The van der Waals surface area contributed by atoms with E-state index in [1.165, 1.54) is 5.56 Å². The molecule has 0 unspecified atom stereocenters. The molecule has 2 N–H and O–H groups in total. The molecular weight excluding hydrogens is 264 g/mol. The molecule has 5 nitrogen and oxygen atoms in total. The Labute approximate surface area is 114 Å². The highest BCUT2D eigenvalue weighted by atomic mass is 32.2. The molecule has 0 saturated carbocycles. The Balaban J connectivity index is 2.07. The van der Waals surface area contributed by atoms with Gasteiger partial charge in [-0.15, -0.1) is 0 Å². The fraction of sp³-hybridized carbons (Fsp3) is 0.538. The van der Waals surface area contributed by atoms with E-state index in [1.807, 2.05) is 6.07 Å². The third kappa shape index (κ3) is 3.68. The molecular formula is C13H20N2O3S. The lowest BCUT2D eigenvalue weighted by atomic mass is 10.0. The van der Waals surface area contributed by atoms with Gasteiger partial charge in [0.05, 0.1) is 4.90 Å². The maximum absolute atomic E-state index is 12.1. The third-order valence-corrected chi connectivity index (χ3v) is 4.61. The molecule has 1 aromatic rings. The van der Waals surface area contributed by atoms with Crippen molar-refractivity contribution in [3.05, 3.63) is 23.8 Å². The molecule has 0 radical (unpaired) electrons. The van der Waals surface area contributed by atoms with Crippen LogP contribution in [0.3, 0.4) is 0 Å². The second-order valence-electron chi connectivity index (χ2n) is 4.59. The molecule has 0 aliphatic carbocycles. The monoisotopic (exact) mass is 284 g/mol. The van der Waals surface area contributed by atoms with E-state index in [0.29, 0.717) is 24.5 Å². The fourth-order valence-corrected chi connectivity index (χ4v) is 3.21. The maximum Gasteiger partial charge on any atom is 0.240 e. The van der Waals surface area contributed by atoms with Gasteiger partial charge in [0.25, 0.3) is 0 Å². The summed E-state index contributed by atoms with van der Waals surface area (Å²) in [6, 6.07) is 5.28.